The largest absolute Gasteiger partial charge is 0.473 e. The van der Waals surface area contributed by atoms with Crippen molar-refractivity contribution in [3.05, 3.63) is 70.8 Å². The maximum atomic E-state index is 11.8. The molecule has 4 unspecified atom stereocenters. The number of aliphatic hydroxyl groups is 1. The molecule has 1 fully saturated rings. The monoisotopic (exact) mass is 469 g/mol. The van der Waals surface area contributed by atoms with Crippen molar-refractivity contribution in [3.8, 4) is 0 Å². The van der Waals surface area contributed by atoms with Gasteiger partial charge in [-0.05, 0) is 37.8 Å². The van der Waals surface area contributed by atoms with E-state index in [4.69, 9.17) is 19.8 Å². The Morgan fingerprint density at radius 3 is 1.85 bits per heavy atom. The molecular formula is C28H39NO5. The molecule has 2 aromatic carbocycles. The van der Waals surface area contributed by atoms with E-state index in [2.05, 4.69) is 81.5 Å². The molecule has 1 aliphatic rings. The normalized spacial score (nSPS) is 24.1. The Morgan fingerprint density at radius 1 is 0.882 bits per heavy atom. The lowest BCUT2D eigenvalue weighted by Crippen LogP contribution is -2.52. The first-order valence-electron chi connectivity index (χ1n) is 12.1. The van der Waals surface area contributed by atoms with E-state index in [0.29, 0.717) is 0 Å². The number of rotatable bonds is 7. The highest BCUT2D eigenvalue weighted by Gasteiger charge is 2.45. The van der Waals surface area contributed by atoms with Crippen molar-refractivity contribution in [2.45, 2.75) is 83.9 Å². The fourth-order valence-corrected chi connectivity index (χ4v) is 4.63. The second-order valence-corrected chi connectivity index (χ2v) is 9.54. The fourth-order valence-electron chi connectivity index (χ4n) is 4.63. The van der Waals surface area contributed by atoms with Crippen LogP contribution in [-0.2, 0) is 9.59 Å². The summed E-state index contributed by atoms with van der Waals surface area (Å²) in [4.78, 5) is 18.2. The van der Waals surface area contributed by atoms with Crippen LogP contribution in [0.2, 0.25) is 0 Å². The second-order valence-electron chi connectivity index (χ2n) is 9.54. The number of hydrogen-bond donors (Lipinski definition) is 4. The SMILES string of the molecule is CCCCCCC1(O)CC(c2ccc(C)cc2)NC(c2ccc(C)cc2)C1C.O=C(O)C(=O)O. The van der Waals surface area contributed by atoms with Crippen LogP contribution >= 0.6 is 0 Å². The molecule has 6 heteroatoms. The summed E-state index contributed by atoms with van der Waals surface area (Å²) in [5.41, 5.74) is 4.47. The molecule has 3 rings (SSSR count). The molecule has 2 aromatic rings. The van der Waals surface area contributed by atoms with Gasteiger partial charge in [-0.15, -0.1) is 0 Å². The molecule has 0 amide bonds. The highest BCUT2D eigenvalue weighted by Crippen LogP contribution is 2.45. The summed E-state index contributed by atoms with van der Waals surface area (Å²) in [6, 6.07) is 17.9. The standard InChI is InChI=1S/C26H37NO.C2H2O4/c1-5-6-7-8-17-26(28)18-24(22-13-9-19(2)10-14-22)27-25(21(26)4)23-15-11-20(3)12-16-23;3-1(4)2(5)6/h9-16,21,24-25,27-28H,5-8,17-18H2,1-4H3;(H,3,4)(H,5,6). The van der Waals surface area contributed by atoms with Crippen LogP contribution in [-0.4, -0.2) is 32.9 Å². The van der Waals surface area contributed by atoms with Gasteiger partial charge in [0.05, 0.1) is 5.60 Å². The third-order valence-corrected chi connectivity index (χ3v) is 6.85. The molecule has 6 nitrogen and oxygen atoms in total. The lowest BCUT2D eigenvalue weighted by molar-refractivity contribution is -0.159. The molecule has 0 radical (unpaired) electrons. The van der Waals surface area contributed by atoms with Crippen molar-refractivity contribution in [2.75, 3.05) is 0 Å². The predicted octanol–water partition coefficient (Wildman–Crippen LogP) is 5.57. The van der Waals surface area contributed by atoms with E-state index in [1.54, 1.807) is 0 Å². The predicted molar refractivity (Wildman–Crippen MR) is 134 cm³/mol. The van der Waals surface area contributed by atoms with Gasteiger partial charge >= 0.3 is 11.9 Å². The molecule has 1 heterocycles. The van der Waals surface area contributed by atoms with Crippen LogP contribution in [0.1, 0.15) is 86.7 Å². The van der Waals surface area contributed by atoms with E-state index >= 15 is 0 Å². The number of aryl methyl sites for hydroxylation is 2. The third-order valence-electron chi connectivity index (χ3n) is 6.85. The molecule has 1 aliphatic heterocycles. The van der Waals surface area contributed by atoms with Gasteiger partial charge < -0.3 is 20.6 Å². The van der Waals surface area contributed by atoms with Crippen molar-refractivity contribution in [2.24, 2.45) is 5.92 Å². The molecule has 1 saturated heterocycles. The first-order chi connectivity index (χ1) is 16.1. The minimum absolute atomic E-state index is 0.164. The van der Waals surface area contributed by atoms with E-state index in [-0.39, 0.29) is 18.0 Å². The number of carbonyl (C=O) groups is 2. The summed E-state index contributed by atoms with van der Waals surface area (Å²) in [7, 11) is 0. The Labute approximate surface area is 203 Å². The average molecular weight is 470 g/mol. The molecule has 0 spiro atoms. The number of carboxylic acid groups (broad SMARTS) is 2. The third kappa shape index (κ3) is 7.67. The lowest BCUT2D eigenvalue weighted by Gasteiger charge is -2.48. The Kier molecular flexibility index (Phi) is 10.3. The van der Waals surface area contributed by atoms with E-state index in [0.717, 1.165) is 19.3 Å². The topological polar surface area (TPSA) is 107 Å². The van der Waals surface area contributed by atoms with E-state index in [1.807, 2.05) is 0 Å². The molecule has 4 atom stereocenters. The summed E-state index contributed by atoms with van der Waals surface area (Å²) >= 11 is 0. The first kappa shape index (κ1) is 27.5. The number of unbranched alkanes of at least 4 members (excludes halogenated alkanes) is 3. The van der Waals surface area contributed by atoms with Crippen LogP contribution in [0.5, 0.6) is 0 Å². The fraction of sp³-hybridized carbons (Fsp3) is 0.500. The quantitative estimate of drug-likeness (QED) is 0.312. The van der Waals surface area contributed by atoms with Crippen LogP contribution in [0.15, 0.2) is 48.5 Å². The zero-order valence-electron chi connectivity index (χ0n) is 20.8. The molecule has 186 valence electrons. The number of carboxylic acids is 2. The van der Waals surface area contributed by atoms with Gasteiger partial charge in [0.2, 0.25) is 0 Å². The van der Waals surface area contributed by atoms with Crippen molar-refractivity contribution in [3.63, 3.8) is 0 Å². The summed E-state index contributed by atoms with van der Waals surface area (Å²) in [6.45, 7) is 8.71. The second kappa shape index (κ2) is 12.7. The Morgan fingerprint density at radius 2 is 1.38 bits per heavy atom. The van der Waals surface area contributed by atoms with E-state index in [1.165, 1.54) is 41.5 Å². The van der Waals surface area contributed by atoms with Gasteiger partial charge in [-0.25, -0.2) is 9.59 Å². The molecule has 0 saturated carbocycles. The van der Waals surface area contributed by atoms with Gasteiger partial charge in [-0.3, -0.25) is 0 Å². The van der Waals surface area contributed by atoms with Gasteiger partial charge in [0.25, 0.3) is 0 Å². The van der Waals surface area contributed by atoms with E-state index in [9.17, 15) is 5.11 Å². The number of benzene rings is 2. The maximum absolute atomic E-state index is 11.8. The Bertz CT molecular complexity index is 913. The van der Waals surface area contributed by atoms with Gasteiger partial charge in [0.1, 0.15) is 0 Å². The Balaban J connectivity index is 0.000000604. The molecule has 0 aromatic heterocycles. The minimum atomic E-state index is -1.82. The molecule has 0 aliphatic carbocycles. The van der Waals surface area contributed by atoms with E-state index < -0.39 is 17.5 Å². The first-order valence-corrected chi connectivity index (χ1v) is 12.1. The highest BCUT2D eigenvalue weighted by molar-refractivity contribution is 6.27. The molecular weight excluding hydrogens is 430 g/mol. The number of nitrogens with one attached hydrogen (secondary N) is 1. The van der Waals surface area contributed by atoms with Crippen LogP contribution < -0.4 is 5.32 Å². The summed E-state index contributed by atoms with van der Waals surface area (Å²) < 4.78 is 0. The van der Waals surface area contributed by atoms with Gasteiger partial charge in [-0.1, -0.05) is 99.2 Å². The minimum Gasteiger partial charge on any atom is -0.473 e. The number of hydrogen-bond acceptors (Lipinski definition) is 4. The zero-order chi connectivity index (χ0) is 25.3. The number of piperidine rings is 1. The molecule has 34 heavy (non-hydrogen) atoms. The summed E-state index contributed by atoms with van der Waals surface area (Å²) in [5.74, 6) is -3.47. The van der Waals surface area contributed by atoms with Crippen molar-refractivity contribution in [1.29, 1.82) is 0 Å². The van der Waals surface area contributed by atoms with Crippen LogP contribution in [0.3, 0.4) is 0 Å². The van der Waals surface area contributed by atoms with Gasteiger partial charge in [0.15, 0.2) is 0 Å². The maximum Gasteiger partial charge on any atom is 0.414 e. The van der Waals surface area contributed by atoms with Gasteiger partial charge in [-0.2, -0.15) is 0 Å². The molecule has 4 N–H and O–H groups in total. The lowest BCUT2D eigenvalue weighted by atomic mass is 9.70. The smallest absolute Gasteiger partial charge is 0.414 e. The van der Waals surface area contributed by atoms with Gasteiger partial charge in [0, 0.05) is 18.0 Å². The van der Waals surface area contributed by atoms with Crippen molar-refractivity contribution < 1.29 is 24.9 Å². The summed E-state index contributed by atoms with van der Waals surface area (Å²) in [6.07, 6.45) is 6.48. The van der Waals surface area contributed by atoms with Crippen LogP contribution in [0.4, 0.5) is 0 Å². The van der Waals surface area contributed by atoms with Crippen molar-refractivity contribution >= 4 is 11.9 Å². The highest BCUT2D eigenvalue weighted by atomic mass is 16.4. The van der Waals surface area contributed by atoms with Crippen LogP contribution in [0.25, 0.3) is 0 Å². The van der Waals surface area contributed by atoms with Crippen LogP contribution in [0, 0.1) is 19.8 Å². The Hall–Kier alpha value is -2.70. The molecule has 0 bridgehead atoms. The van der Waals surface area contributed by atoms with Crippen molar-refractivity contribution in [1.82, 2.24) is 5.32 Å². The number of aliphatic carboxylic acids is 2. The zero-order valence-corrected chi connectivity index (χ0v) is 20.8. The average Bonchev–Trinajstić information content (AvgIpc) is 2.80. The summed E-state index contributed by atoms with van der Waals surface area (Å²) in [5, 5.41) is 30.4.